The molecule has 130 valence electrons. The Labute approximate surface area is 145 Å². The second-order valence-electron chi connectivity index (χ2n) is 5.70. The monoisotopic (exact) mass is 339 g/mol. The molecule has 0 bridgehead atoms. The molecule has 0 spiro atoms. The minimum Gasteiger partial charge on any atom is -0.550 e. The third-order valence-electron chi connectivity index (χ3n) is 3.84. The highest BCUT2D eigenvalue weighted by Gasteiger charge is 2.09. The number of carboxylic acid groups (broad SMARTS) is 1. The zero-order chi connectivity index (χ0) is 18.4. The smallest absolute Gasteiger partial charge is 0.255 e. The van der Waals surface area contributed by atoms with Crippen molar-refractivity contribution in [3.63, 3.8) is 0 Å². The van der Waals surface area contributed by atoms with E-state index in [-0.39, 0.29) is 18.7 Å². The Hall–Kier alpha value is -3.15. The summed E-state index contributed by atoms with van der Waals surface area (Å²) in [7, 11) is 0. The number of aryl methyl sites for hydroxylation is 1. The van der Waals surface area contributed by atoms with Gasteiger partial charge in [0.25, 0.3) is 5.91 Å². The van der Waals surface area contributed by atoms with Gasteiger partial charge in [0.15, 0.2) is 0 Å². The summed E-state index contributed by atoms with van der Waals surface area (Å²) in [6, 6.07) is 12.1. The first-order valence-corrected chi connectivity index (χ1v) is 7.84. The van der Waals surface area contributed by atoms with Gasteiger partial charge < -0.3 is 20.5 Å². The van der Waals surface area contributed by atoms with E-state index >= 15 is 0 Å². The second-order valence-corrected chi connectivity index (χ2v) is 5.70. The van der Waals surface area contributed by atoms with Crippen LogP contribution in [0.4, 0.5) is 11.4 Å². The number of amides is 2. The zero-order valence-electron chi connectivity index (χ0n) is 14.1. The van der Waals surface area contributed by atoms with Crippen LogP contribution < -0.4 is 15.7 Å². The van der Waals surface area contributed by atoms with Crippen LogP contribution in [0.2, 0.25) is 0 Å². The number of anilines is 2. The first-order chi connectivity index (χ1) is 11.9. The lowest BCUT2D eigenvalue weighted by Gasteiger charge is -2.11. The first-order valence-electron chi connectivity index (χ1n) is 7.84. The molecule has 6 heteroatoms. The van der Waals surface area contributed by atoms with Gasteiger partial charge in [-0.25, -0.2) is 0 Å². The van der Waals surface area contributed by atoms with E-state index in [1.807, 2.05) is 32.0 Å². The molecule has 25 heavy (non-hydrogen) atoms. The van der Waals surface area contributed by atoms with Crippen LogP contribution in [0.25, 0.3) is 0 Å². The predicted molar refractivity (Wildman–Crippen MR) is 93.2 cm³/mol. The average molecular weight is 339 g/mol. The van der Waals surface area contributed by atoms with Crippen LogP contribution >= 0.6 is 0 Å². The van der Waals surface area contributed by atoms with Crippen LogP contribution in [0.1, 0.15) is 34.3 Å². The number of benzene rings is 2. The maximum atomic E-state index is 12.3. The molecule has 0 heterocycles. The molecule has 2 N–H and O–H groups in total. The van der Waals surface area contributed by atoms with Gasteiger partial charge in [-0.1, -0.05) is 12.1 Å². The summed E-state index contributed by atoms with van der Waals surface area (Å²) in [6.07, 6.45) is -0.487. The summed E-state index contributed by atoms with van der Waals surface area (Å²) in [5.41, 5.74) is 3.80. The summed E-state index contributed by atoms with van der Waals surface area (Å²) in [5.74, 6) is -1.94. The number of carbonyl (C=O) groups excluding carboxylic acids is 3. The highest BCUT2D eigenvalue weighted by molar-refractivity contribution is 6.05. The number of carboxylic acids is 1. The molecule has 0 aliphatic rings. The molecule has 0 radical (unpaired) electrons. The number of aliphatic carboxylic acids is 1. The normalized spacial score (nSPS) is 10.2. The summed E-state index contributed by atoms with van der Waals surface area (Å²) in [4.78, 5) is 34.2. The molecule has 2 aromatic rings. The molecule has 2 aromatic carbocycles. The van der Waals surface area contributed by atoms with Gasteiger partial charge in [0.1, 0.15) is 0 Å². The van der Waals surface area contributed by atoms with Crippen molar-refractivity contribution in [1.29, 1.82) is 0 Å². The topological polar surface area (TPSA) is 98.3 Å². The highest BCUT2D eigenvalue weighted by atomic mass is 16.4. The van der Waals surface area contributed by atoms with E-state index < -0.39 is 11.9 Å². The molecule has 0 fully saturated rings. The molecule has 2 amide bonds. The van der Waals surface area contributed by atoms with E-state index in [1.54, 1.807) is 24.3 Å². The number of nitrogens with one attached hydrogen (secondary N) is 2. The molecule has 0 saturated heterocycles. The van der Waals surface area contributed by atoms with E-state index in [9.17, 15) is 19.5 Å². The van der Waals surface area contributed by atoms with Crippen LogP contribution in [-0.4, -0.2) is 17.8 Å². The SMILES string of the molecule is Cc1cccc(NC(=O)c2ccc(NC(=O)CCC(=O)[O-])cc2)c1C. The van der Waals surface area contributed by atoms with Crippen LogP contribution in [-0.2, 0) is 9.59 Å². The van der Waals surface area contributed by atoms with Crippen molar-refractivity contribution in [2.45, 2.75) is 26.7 Å². The van der Waals surface area contributed by atoms with Gasteiger partial charge in [-0.05, 0) is 61.7 Å². The average Bonchev–Trinajstić information content (AvgIpc) is 2.58. The molecule has 0 unspecified atom stereocenters. The molecule has 0 aliphatic heterocycles. The van der Waals surface area contributed by atoms with Crippen LogP contribution in [0, 0.1) is 13.8 Å². The van der Waals surface area contributed by atoms with Crippen molar-refractivity contribution in [2.24, 2.45) is 0 Å². The van der Waals surface area contributed by atoms with Crippen molar-refractivity contribution in [1.82, 2.24) is 0 Å². The molecule has 0 aromatic heterocycles. The Kier molecular flexibility index (Phi) is 5.89. The summed E-state index contributed by atoms with van der Waals surface area (Å²) >= 11 is 0. The fourth-order valence-electron chi connectivity index (χ4n) is 2.23. The number of hydrogen-bond acceptors (Lipinski definition) is 4. The third-order valence-corrected chi connectivity index (χ3v) is 3.84. The Morgan fingerprint density at radius 1 is 0.920 bits per heavy atom. The molecule has 6 nitrogen and oxygen atoms in total. The van der Waals surface area contributed by atoms with Crippen molar-refractivity contribution < 1.29 is 19.5 Å². The minimum absolute atomic E-state index is 0.156. The van der Waals surface area contributed by atoms with E-state index in [1.165, 1.54) is 0 Å². The van der Waals surface area contributed by atoms with Gasteiger partial charge >= 0.3 is 0 Å². The molecule has 0 saturated carbocycles. The maximum absolute atomic E-state index is 12.3. The molecular formula is C19H19N2O4-. The van der Waals surface area contributed by atoms with Crippen molar-refractivity contribution in [3.8, 4) is 0 Å². The quantitative estimate of drug-likeness (QED) is 0.841. The van der Waals surface area contributed by atoms with Crippen LogP contribution in [0.15, 0.2) is 42.5 Å². The summed E-state index contributed by atoms with van der Waals surface area (Å²) in [6.45, 7) is 3.92. The zero-order valence-corrected chi connectivity index (χ0v) is 14.1. The van der Waals surface area contributed by atoms with Gasteiger partial charge in [0.2, 0.25) is 5.91 Å². The standard InChI is InChI=1S/C19H20N2O4/c1-12-4-3-5-16(13(12)2)21-19(25)14-6-8-15(9-7-14)20-17(22)10-11-18(23)24/h3-9H,10-11H2,1-2H3,(H,20,22)(H,21,25)(H,23,24)/p-1. The van der Waals surface area contributed by atoms with Gasteiger partial charge in [-0.2, -0.15) is 0 Å². The molecule has 0 atom stereocenters. The lowest BCUT2D eigenvalue weighted by Crippen LogP contribution is -2.24. The van der Waals surface area contributed by atoms with E-state index in [0.717, 1.165) is 16.8 Å². The van der Waals surface area contributed by atoms with Crippen molar-refractivity contribution in [2.75, 3.05) is 10.6 Å². The number of carbonyl (C=O) groups is 3. The minimum atomic E-state index is -1.27. The van der Waals surface area contributed by atoms with Crippen molar-refractivity contribution >= 4 is 29.2 Å². The number of hydrogen-bond donors (Lipinski definition) is 2. The summed E-state index contributed by atoms with van der Waals surface area (Å²) < 4.78 is 0. The van der Waals surface area contributed by atoms with Gasteiger partial charge in [0, 0.05) is 29.3 Å². The van der Waals surface area contributed by atoms with Gasteiger partial charge in [0.05, 0.1) is 0 Å². The summed E-state index contributed by atoms with van der Waals surface area (Å²) in [5, 5.41) is 15.8. The van der Waals surface area contributed by atoms with Crippen molar-refractivity contribution in [3.05, 3.63) is 59.2 Å². The predicted octanol–water partition coefficient (Wildman–Crippen LogP) is 2.02. The second kappa shape index (κ2) is 8.10. The fraction of sp³-hybridized carbons (Fsp3) is 0.211. The Morgan fingerprint density at radius 2 is 1.60 bits per heavy atom. The molecule has 0 aliphatic carbocycles. The molecular weight excluding hydrogens is 320 g/mol. The Morgan fingerprint density at radius 3 is 2.24 bits per heavy atom. The first kappa shape index (κ1) is 18.2. The largest absolute Gasteiger partial charge is 0.550 e. The van der Waals surface area contributed by atoms with E-state index in [2.05, 4.69) is 10.6 Å². The third kappa shape index (κ3) is 5.17. The van der Waals surface area contributed by atoms with Crippen LogP contribution in [0.5, 0.6) is 0 Å². The van der Waals surface area contributed by atoms with Gasteiger partial charge in [-0.3, -0.25) is 9.59 Å². The fourth-order valence-corrected chi connectivity index (χ4v) is 2.23. The molecule has 2 rings (SSSR count). The lowest BCUT2D eigenvalue weighted by molar-refractivity contribution is -0.305. The van der Waals surface area contributed by atoms with Crippen LogP contribution in [0.3, 0.4) is 0 Å². The Balaban J connectivity index is 1.99. The van der Waals surface area contributed by atoms with E-state index in [0.29, 0.717) is 11.3 Å². The highest BCUT2D eigenvalue weighted by Crippen LogP contribution is 2.19. The maximum Gasteiger partial charge on any atom is 0.255 e. The lowest BCUT2D eigenvalue weighted by atomic mass is 10.1. The van der Waals surface area contributed by atoms with E-state index in [4.69, 9.17) is 0 Å². The van der Waals surface area contributed by atoms with Gasteiger partial charge in [-0.15, -0.1) is 0 Å². The number of rotatable bonds is 6. The Bertz CT molecular complexity index is 798.